The molecule has 1 aliphatic rings. The van der Waals surface area contributed by atoms with Crippen LogP contribution < -0.4 is 16.8 Å². The van der Waals surface area contributed by atoms with Gasteiger partial charge in [0.15, 0.2) is 5.78 Å². The number of hydrogen-bond acceptors (Lipinski definition) is 8. The number of carbonyl (C=O) groups is 3. The fourth-order valence-electron chi connectivity index (χ4n) is 2.74. The third-order valence-electron chi connectivity index (χ3n) is 4.55. The summed E-state index contributed by atoms with van der Waals surface area (Å²) in [5.41, 5.74) is 11.1. The number of amides is 2. The second kappa shape index (κ2) is 9.36. The van der Waals surface area contributed by atoms with E-state index < -0.39 is 30.0 Å². The molecule has 9 heteroatoms. The van der Waals surface area contributed by atoms with E-state index in [0.717, 1.165) is 4.90 Å². The van der Waals surface area contributed by atoms with Crippen LogP contribution in [0.5, 0.6) is 0 Å². The minimum absolute atomic E-state index is 0.0619. The van der Waals surface area contributed by atoms with Crippen molar-refractivity contribution in [1.82, 2.24) is 15.2 Å². The molecule has 28 heavy (non-hydrogen) atoms. The van der Waals surface area contributed by atoms with Gasteiger partial charge in [0.25, 0.3) is 5.91 Å². The Morgan fingerprint density at radius 2 is 2.14 bits per heavy atom. The molecule has 9 nitrogen and oxygen atoms in total. The summed E-state index contributed by atoms with van der Waals surface area (Å²) in [6.07, 6.45) is 6.28. The second-order valence-corrected chi connectivity index (χ2v) is 6.49. The van der Waals surface area contributed by atoms with Crippen LogP contribution in [0.2, 0.25) is 0 Å². The predicted octanol–water partition coefficient (Wildman–Crippen LogP) is -0.910. The Kier molecular flexibility index (Phi) is 7.16. The van der Waals surface area contributed by atoms with E-state index in [0.29, 0.717) is 5.70 Å². The van der Waals surface area contributed by atoms with Crippen molar-refractivity contribution in [2.45, 2.75) is 24.4 Å². The maximum Gasteiger partial charge on any atom is 0.279 e. The van der Waals surface area contributed by atoms with Crippen LogP contribution in [0.25, 0.3) is 0 Å². The topological polar surface area (TPSA) is 152 Å². The van der Waals surface area contributed by atoms with Gasteiger partial charge in [0.2, 0.25) is 5.91 Å². The van der Waals surface area contributed by atoms with Gasteiger partial charge < -0.3 is 21.9 Å². The molecule has 0 aromatic carbocycles. The van der Waals surface area contributed by atoms with Gasteiger partial charge in [-0.2, -0.15) is 0 Å². The molecule has 1 aromatic heterocycles. The number of pyridine rings is 1. The molecule has 2 unspecified atom stereocenters. The van der Waals surface area contributed by atoms with Gasteiger partial charge in [-0.1, -0.05) is 18.2 Å². The Morgan fingerprint density at radius 3 is 2.68 bits per heavy atom. The van der Waals surface area contributed by atoms with Gasteiger partial charge in [-0.05, 0) is 31.7 Å². The fourth-order valence-corrected chi connectivity index (χ4v) is 2.74. The zero-order valence-electron chi connectivity index (χ0n) is 15.7. The number of likely N-dealkylation sites (N-methyl/N-ethyl adjacent to an activating group) is 1. The van der Waals surface area contributed by atoms with E-state index in [2.05, 4.69) is 10.3 Å². The molecule has 0 saturated carbocycles. The first kappa shape index (κ1) is 21.4. The van der Waals surface area contributed by atoms with Crippen LogP contribution in [0.3, 0.4) is 0 Å². The molecule has 1 aromatic rings. The molecule has 6 N–H and O–H groups in total. The van der Waals surface area contributed by atoms with E-state index >= 15 is 0 Å². The highest BCUT2D eigenvalue weighted by Gasteiger charge is 2.34. The summed E-state index contributed by atoms with van der Waals surface area (Å²) in [5.74, 6) is -1.63. The normalized spacial score (nSPS) is 19.6. The van der Waals surface area contributed by atoms with Crippen molar-refractivity contribution in [3.8, 4) is 0 Å². The van der Waals surface area contributed by atoms with Crippen molar-refractivity contribution in [3.63, 3.8) is 0 Å². The number of nitrogens with zero attached hydrogens (tertiary/aromatic N) is 2. The summed E-state index contributed by atoms with van der Waals surface area (Å²) in [5, 5.41) is 12.0. The van der Waals surface area contributed by atoms with Crippen molar-refractivity contribution in [1.29, 1.82) is 0 Å². The number of aliphatic hydroxyl groups is 1. The zero-order chi connectivity index (χ0) is 20.7. The molecule has 0 spiro atoms. The number of aliphatic hydroxyl groups excluding tert-OH is 1. The molecule has 2 rings (SSSR count). The molecule has 2 atom stereocenters. The summed E-state index contributed by atoms with van der Waals surface area (Å²) in [6, 6.07) is 3.75. The quantitative estimate of drug-likeness (QED) is 0.447. The van der Waals surface area contributed by atoms with Crippen molar-refractivity contribution >= 4 is 17.6 Å². The van der Waals surface area contributed by atoms with Crippen LogP contribution in [0, 0.1) is 0 Å². The molecule has 0 radical (unpaired) electrons. The second-order valence-electron chi connectivity index (χ2n) is 6.49. The standard InChI is InChI=1S/C19H25N5O4/c1-22-15(12-25)18(28)24(17(27)14-4-2-3-10-23-14)11-7-16(26)19(21)8-5-13(20)6-9-19/h2-6,8,10,15,22,25H,7,9,11-12,20-21H2,1H3. The maximum absolute atomic E-state index is 12.8. The smallest absolute Gasteiger partial charge is 0.279 e. The van der Waals surface area contributed by atoms with Gasteiger partial charge in [0.05, 0.1) is 12.1 Å². The minimum Gasteiger partial charge on any atom is -0.399 e. The number of Topliss-reactive ketones (excluding diaryl/α,β-unsaturated/α-hetero) is 1. The Hall–Kier alpha value is -2.88. The van der Waals surface area contributed by atoms with E-state index in [4.69, 9.17) is 11.5 Å². The summed E-state index contributed by atoms with van der Waals surface area (Å²) in [6.45, 7) is -0.680. The molecule has 1 heterocycles. The van der Waals surface area contributed by atoms with Gasteiger partial charge in [-0.25, -0.2) is 0 Å². The number of imide groups is 1. The molecular formula is C19H25N5O4. The third kappa shape index (κ3) is 4.89. The molecule has 0 saturated heterocycles. The number of ketones is 1. The highest BCUT2D eigenvalue weighted by Crippen LogP contribution is 2.20. The van der Waals surface area contributed by atoms with Crippen LogP contribution in [-0.4, -0.2) is 64.4 Å². The number of allylic oxidation sites excluding steroid dienone is 1. The Bertz CT molecular complexity index is 789. The summed E-state index contributed by atoms with van der Waals surface area (Å²) in [4.78, 5) is 43.0. The molecule has 0 bridgehead atoms. The summed E-state index contributed by atoms with van der Waals surface area (Å²) < 4.78 is 0. The lowest BCUT2D eigenvalue weighted by molar-refractivity contribution is -0.132. The number of carbonyl (C=O) groups excluding carboxylic acids is 3. The molecular weight excluding hydrogens is 362 g/mol. The third-order valence-corrected chi connectivity index (χ3v) is 4.55. The van der Waals surface area contributed by atoms with E-state index in [1.54, 1.807) is 24.3 Å². The fraction of sp³-hybridized carbons (Fsp3) is 0.368. The first-order valence-corrected chi connectivity index (χ1v) is 8.84. The van der Waals surface area contributed by atoms with Crippen molar-refractivity contribution < 1.29 is 19.5 Å². The van der Waals surface area contributed by atoms with Gasteiger partial charge in [-0.3, -0.25) is 24.3 Å². The van der Waals surface area contributed by atoms with Crippen molar-refractivity contribution in [2.24, 2.45) is 11.5 Å². The summed E-state index contributed by atoms with van der Waals surface area (Å²) >= 11 is 0. The SMILES string of the molecule is CNC(CO)C(=O)N(CCC(=O)C1(N)C=CC(N)=CC1)C(=O)c1ccccn1. The number of nitrogens with two attached hydrogens (primary N) is 2. The Balaban J connectivity index is 2.18. The van der Waals surface area contributed by atoms with Gasteiger partial charge in [0, 0.05) is 24.9 Å². The monoisotopic (exact) mass is 387 g/mol. The van der Waals surface area contributed by atoms with E-state index in [9.17, 15) is 19.5 Å². The van der Waals surface area contributed by atoms with Crippen LogP contribution in [-0.2, 0) is 9.59 Å². The Morgan fingerprint density at radius 1 is 1.39 bits per heavy atom. The average Bonchev–Trinajstić information content (AvgIpc) is 2.71. The number of rotatable bonds is 8. The van der Waals surface area contributed by atoms with Gasteiger partial charge >= 0.3 is 0 Å². The highest BCUT2D eigenvalue weighted by atomic mass is 16.3. The van der Waals surface area contributed by atoms with Crippen LogP contribution in [0.4, 0.5) is 0 Å². The average molecular weight is 387 g/mol. The molecule has 2 amide bonds. The van der Waals surface area contributed by atoms with E-state index in [-0.39, 0.29) is 30.9 Å². The van der Waals surface area contributed by atoms with Gasteiger partial charge in [0.1, 0.15) is 11.7 Å². The van der Waals surface area contributed by atoms with Crippen LogP contribution in [0.1, 0.15) is 23.3 Å². The Labute approximate surface area is 163 Å². The molecule has 0 fully saturated rings. The first-order valence-electron chi connectivity index (χ1n) is 8.84. The number of nitrogens with one attached hydrogen (secondary N) is 1. The number of aromatic nitrogens is 1. The summed E-state index contributed by atoms with van der Waals surface area (Å²) in [7, 11) is 1.49. The molecule has 150 valence electrons. The van der Waals surface area contributed by atoms with Crippen LogP contribution >= 0.6 is 0 Å². The lowest BCUT2D eigenvalue weighted by Crippen LogP contribution is -2.52. The van der Waals surface area contributed by atoms with Gasteiger partial charge in [-0.15, -0.1) is 0 Å². The van der Waals surface area contributed by atoms with E-state index in [1.807, 2.05) is 0 Å². The first-order chi connectivity index (χ1) is 13.3. The van der Waals surface area contributed by atoms with Crippen LogP contribution in [0.15, 0.2) is 48.3 Å². The molecule has 0 aliphatic heterocycles. The predicted molar refractivity (Wildman–Crippen MR) is 103 cm³/mol. The zero-order valence-corrected chi connectivity index (χ0v) is 15.7. The van der Waals surface area contributed by atoms with Crippen molar-refractivity contribution in [3.05, 3.63) is 54.0 Å². The number of hydrogen-bond donors (Lipinski definition) is 4. The highest BCUT2D eigenvalue weighted by molar-refractivity contribution is 6.05. The molecule has 1 aliphatic carbocycles. The lowest BCUT2D eigenvalue weighted by atomic mass is 9.85. The maximum atomic E-state index is 12.8. The largest absolute Gasteiger partial charge is 0.399 e. The van der Waals surface area contributed by atoms with E-state index in [1.165, 1.54) is 25.4 Å². The minimum atomic E-state index is -1.23. The lowest BCUT2D eigenvalue weighted by Gasteiger charge is -2.28. The van der Waals surface area contributed by atoms with Crippen molar-refractivity contribution in [2.75, 3.05) is 20.2 Å².